The minimum atomic E-state index is -0.322. The number of hydrogen-bond donors (Lipinski definition) is 3. The lowest BCUT2D eigenvalue weighted by Crippen LogP contribution is -2.49. The van der Waals surface area contributed by atoms with Crippen molar-refractivity contribution < 1.29 is 9.90 Å². The quantitative estimate of drug-likeness (QED) is 0.705. The third kappa shape index (κ3) is 4.19. The number of carbonyl (C=O) groups excluding carboxylic acids is 1. The van der Waals surface area contributed by atoms with Gasteiger partial charge >= 0.3 is 6.03 Å². The number of carbonyl (C=O) groups is 1. The molecule has 0 aromatic rings. The summed E-state index contributed by atoms with van der Waals surface area (Å²) in [6.45, 7) is 10.4. The number of rotatable bonds is 4. The highest BCUT2D eigenvalue weighted by Gasteiger charge is 2.49. The second-order valence-corrected chi connectivity index (χ2v) is 6.61. The Hall–Kier alpha value is -0.770. The molecule has 0 unspecified atom stereocenters. The summed E-state index contributed by atoms with van der Waals surface area (Å²) in [5.74, 6) is 0.241. The molecule has 0 radical (unpaired) electrons. The summed E-state index contributed by atoms with van der Waals surface area (Å²) in [6, 6.07) is -0.153. The van der Waals surface area contributed by atoms with Gasteiger partial charge in [0, 0.05) is 17.5 Å². The van der Waals surface area contributed by atoms with Gasteiger partial charge < -0.3 is 15.7 Å². The summed E-state index contributed by atoms with van der Waals surface area (Å²) in [7, 11) is 0. The molecule has 1 atom stereocenters. The normalized spacial score (nSPS) is 19.9. The van der Waals surface area contributed by atoms with Crippen molar-refractivity contribution in [3.05, 3.63) is 0 Å². The smallest absolute Gasteiger partial charge is 0.315 e. The highest BCUT2D eigenvalue weighted by atomic mass is 16.3. The Morgan fingerprint density at radius 2 is 1.88 bits per heavy atom. The number of amides is 2. The third-order valence-electron chi connectivity index (χ3n) is 3.24. The molecule has 0 aromatic heterocycles. The first-order valence-electron chi connectivity index (χ1n) is 6.40. The van der Waals surface area contributed by atoms with Crippen LogP contribution in [-0.2, 0) is 0 Å². The Labute approximate surface area is 104 Å². The molecule has 4 heteroatoms. The Morgan fingerprint density at radius 1 is 1.35 bits per heavy atom. The molecule has 4 nitrogen and oxygen atoms in total. The van der Waals surface area contributed by atoms with Crippen LogP contribution in [0.2, 0.25) is 0 Å². The topological polar surface area (TPSA) is 61.4 Å². The molecule has 17 heavy (non-hydrogen) atoms. The highest BCUT2D eigenvalue weighted by Crippen LogP contribution is 2.50. The number of aliphatic hydroxyl groups excluding tert-OH is 1. The summed E-state index contributed by atoms with van der Waals surface area (Å²) < 4.78 is 0. The molecule has 0 spiro atoms. The van der Waals surface area contributed by atoms with E-state index in [1.807, 2.05) is 34.6 Å². The van der Waals surface area contributed by atoms with E-state index in [0.717, 1.165) is 12.8 Å². The molecule has 0 aromatic carbocycles. The molecule has 100 valence electrons. The van der Waals surface area contributed by atoms with Crippen LogP contribution in [-0.4, -0.2) is 29.3 Å². The van der Waals surface area contributed by atoms with Crippen molar-refractivity contribution in [2.24, 2.45) is 11.3 Å². The van der Waals surface area contributed by atoms with Gasteiger partial charge in [-0.3, -0.25) is 0 Å². The summed E-state index contributed by atoms with van der Waals surface area (Å²) in [6.07, 6.45) is 1.68. The van der Waals surface area contributed by atoms with Crippen LogP contribution in [0.4, 0.5) is 4.79 Å². The van der Waals surface area contributed by atoms with Crippen LogP contribution in [0.3, 0.4) is 0 Å². The zero-order valence-electron chi connectivity index (χ0n) is 11.6. The van der Waals surface area contributed by atoms with Gasteiger partial charge in [0.15, 0.2) is 0 Å². The molecule has 0 heterocycles. The Morgan fingerprint density at radius 3 is 2.24 bits per heavy atom. The van der Waals surface area contributed by atoms with Gasteiger partial charge in [-0.25, -0.2) is 4.79 Å². The van der Waals surface area contributed by atoms with Crippen LogP contribution >= 0.6 is 0 Å². The minimum absolute atomic E-state index is 0.0800. The van der Waals surface area contributed by atoms with E-state index in [1.54, 1.807) is 0 Å². The molecule has 3 N–H and O–H groups in total. The van der Waals surface area contributed by atoms with Gasteiger partial charge in [-0.05, 0) is 39.5 Å². The monoisotopic (exact) mass is 242 g/mol. The van der Waals surface area contributed by atoms with Crippen molar-refractivity contribution in [2.45, 2.75) is 59.1 Å². The molecule has 0 aliphatic heterocycles. The van der Waals surface area contributed by atoms with Crippen LogP contribution < -0.4 is 10.6 Å². The molecule has 0 bridgehead atoms. The van der Waals surface area contributed by atoms with E-state index < -0.39 is 0 Å². The van der Waals surface area contributed by atoms with Gasteiger partial charge in [0.2, 0.25) is 0 Å². The first-order chi connectivity index (χ1) is 7.66. The van der Waals surface area contributed by atoms with Crippen LogP contribution in [0.1, 0.15) is 47.5 Å². The number of urea groups is 1. The largest absolute Gasteiger partial charge is 0.392 e. The van der Waals surface area contributed by atoms with Crippen LogP contribution in [0.25, 0.3) is 0 Å². The molecule has 1 aliphatic carbocycles. The van der Waals surface area contributed by atoms with Crippen molar-refractivity contribution in [3.63, 3.8) is 0 Å². The SMILES string of the molecule is CC(C)[C@@H](O)C1(CNC(=O)NC(C)(C)C)CC1. The van der Waals surface area contributed by atoms with E-state index in [2.05, 4.69) is 10.6 Å². The fraction of sp³-hybridized carbons (Fsp3) is 0.923. The number of aliphatic hydroxyl groups is 1. The predicted molar refractivity (Wildman–Crippen MR) is 68.8 cm³/mol. The Kier molecular flexibility index (Phi) is 4.07. The van der Waals surface area contributed by atoms with E-state index in [-0.39, 0.29) is 29.0 Å². The lowest BCUT2D eigenvalue weighted by molar-refractivity contribution is 0.0514. The fourth-order valence-corrected chi connectivity index (χ4v) is 2.09. The van der Waals surface area contributed by atoms with E-state index in [1.165, 1.54) is 0 Å². The first kappa shape index (κ1) is 14.3. The highest BCUT2D eigenvalue weighted by molar-refractivity contribution is 5.74. The lowest BCUT2D eigenvalue weighted by Gasteiger charge is -2.27. The molecule has 0 saturated heterocycles. The second kappa shape index (κ2) is 4.84. The van der Waals surface area contributed by atoms with E-state index >= 15 is 0 Å². The Bertz CT molecular complexity index is 278. The lowest BCUT2D eigenvalue weighted by atomic mass is 9.90. The van der Waals surface area contributed by atoms with Crippen LogP contribution in [0.5, 0.6) is 0 Å². The number of nitrogens with one attached hydrogen (secondary N) is 2. The van der Waals surface area contributed by atoms with Gasteiger partial charge in [0.05, 0.1) is 6.10 Å². The van der Waals surface area contributed by atoms with Crippen molar-refractivity contribution >= 4 is 6.03 Å². The predicted octanol–water partition coefficient (Wildman–Crippen LogP) is 1.88. The maximum absolute atomic E-state index is 11.6. The third-order valence-corrected chi connectivity index (χ3v) is 3.24. The van der Waals surface area contributed by atoms with Crippen LogP contribution in [0, 0.1) is 11.3 Å². The molecule has 1 aliphatic rings. The van der Waals surface area contributed by atoms with Gasteiger partial charge in [0.25, 0.3) is 0 Å². The molecular formula is C13H26N2O2. The van der Waals surface area contributed by atoms with E-state index in [4.69, 9.17) is 0 Å². The molecular weight excluding hydrogens is 216 g/mol. The van der Waals surface area contributed by atoms with Crippen molar-refractivity contribution in [2.75, 3.05) is 6.54 Å². The molecule has 1 fully saturated rings. The average Bonchev–Trinajstić information content (AvgIpc) is 2.91. The second-order valence-electron chi connectivity index (χ2n) is 6.61. The van der Waals surface area contributed by atoms with Crippen LogP contribution in [0.15, 0.2) is 0 Å². The van der Waals surface area contributed by atoms with Gasteiger partial charge in [-0.1, -0.05) is 13.8 Å². The average molecular weight is 242 g/mol. The standard InChI is InChI=1S/C13H26N2O2/c1-9(2)10(16)13(6-7-13)8-14-11(17)15-12(3,4)5/h9-10,16H,6-8H2,1-5H3,(H2,14,15,17)/t10-/m1/s1. The molecule has 1 saturated carbocycles. The van der Waals surface area contributed by atoms with E-state index in [9.17, 15) is 9.90 Å². The summed E-state index contributed by atoms with van der Waals surface area (Å²) in [5, 5.41) is 15.8. The maximum Gasteiger partial charge on any atom is 0.315 e. The Balaban J connectivity index is 2.38. The molecule has 2 amide bonds. The summed E-state index contributed by atoms with van der Waals surface area (Å²) in [4.78, 5) is 11.6. The van der Waals surface area contributed by atoms with E-state index in [0.29, 0.717) is 6.54 Å². The van der Waals surface area contributed by atoms with Crippen molar-refractivity contribution in [3.8, 4) is 0 Å². The van der Waals surface area contributed by atoms with Crippen molar-refractivity contribution in [1.82, 2.24) is 10.6 Å². The van der Waals surface area contributed by atoms with Gasteiger partial charge in [-0.15, -0.1) is 0 Å². The summed E-state index contributed by atoms with van der Waals surface area (Å²) in [5.41, 5.74) is -0.305. The summed E-state index contributed by atoms with van der Waals surface area (Å²) >= 11 is 0. The number of hydrogen-bond acceptors (Lipinski definition) is 2. The fourth-order valence-electron chi connectivity index (χ4n) is 2.09. The van der Waals surface area contributed by atoms with Gasteiger partial charge in [0.1, 0.15) is 0 Å². The van der Waals surface area contributed by atoms with Crippen molar-refractivity contribution in [1.29, 1.82) is 0 Å². The maximum atomic E-state index is 11.6. The zero-order chi connectivity index (χ0) is 13.3. The zero-order valence-corrected chi connectivity index (χ0v) is 11.6. The molecule has 1 rings (SSSR count). The minimum Gasteiger partial charge on any atom is -0.392 e. The van der Waals surface area contributed by atoms with Gasteiger partial charge in [-0.2, -0.15) is 0 Å². The first-order valence-corrected chi connectivity index (χ1v) is 6.40.